The van der Waals surface area contributed by atoms with E-state index < -0.39 is 4.92 Å². The molecule has 0 unspecified atom stereocenters. The Labute approximate surface area is 153 Å². The second kappa shape index (κ2) is 8.30. The van der Waals surface area contributed by atoms with Crippen LogP contribution in [0.3, 0.4) is 0 Å². The van der Waals surface area contributed by atoms with Crippen molar-refractivity contribution >= 4 is 45.0 Å². The number of hydrogen-bond acceptors (Lipinski definition) is 4. The quantitative estimate of drug-likeness (QED) is 0.532. The number of hydrogen-bond donors (Lipinski definition) is 1. The summed E-state index contributed by atoms with van der Waals surface area (Å²) in [5, 5.41) is 13.7. The minimum Gasteiger partial charge on any atom is -0.325 e. The molecule has 0 aliphatic carbocycles. The number of halogens is 1. The lowest BCUT2D eigenvalue weighted by molar-refractivity contribution is -0.384. The maximum absolute atomic E-state index is 12.1. The molecule has 0 aromatic heterocycles. The number of nitro groups is 1. The molecule has 0 spiro atoms. The minimum atomic E-state index is -0.413. The van der Waals surface area contributed by atoms with Crippen LogP contribution in [0.4, 0.5) is 11.4 Å². The molecule has 0 radical (unpaired) electrons. The summed E-state index contributed by atoms with van der Waals surface area (Å²) in [6, 6.07) is 12.2. The molecule has 7 heteroatoms. The molecular weight excluding hydrogens is 392 g/mol. The van der Waals surface area contributed by atoms with Gasteiger partial charge in [0.15, 0.2) is 0 Å². The predicted octanol–water partition coefficient (Wildman–Crippen LogP) is 5.10. The second-order valence-corrected chi connectivity index (χ2v) is 7.56. The number of aryl methyl sites for hydroxylation is 1. The number of nitrogens with one attached hydrogen (secondary N) is 1. The Morgan fingerprint density at radius 2 is 2.08 bits per heavy atom. The van der Waals surface area contributed by atoms with E-state index in [4.69, 9.17) is 0 Å². The van der Waals surface area contributed by atoms with Crippen molar-refractivity contribution in [2.45, 2.75) is 19.1 Å². The topological polar surface area (TPSA) is 72.2 Å². The molecule has 0 aliphatic heterocycles. The Balaban J connectivity index is 1.93. The molecule has 1 amide bonds. The smallest absolute Gasteiger partial charge is 0.269 e. The van der Waals surface area contributed by atoms with Crippen LogP contribution in [0.25, 0.3) is 0 Å². The average molecular weight is 409 g/mol. The summed E-state index contributed by atoms with van der Waals surface area (Å²) in [5.74, 6) is 0.182. The predicted molar refractivity (Wildman–Crippen MR) is 101 cm³/mol. The van der Waals surface area contributed by atoms with E-state index in [9.17, 15) is 14.9 Å². The number of non-ortho nitro benzene ring substituents is 1. The first kappa shape index (κ1) is 18.5. The lowest BCUT2D eigenvalue weighted by Crippen LogP contribution is -2.15. The summed E-state index contributed by atoms with van der Waals surface area (Å²) >= 11 is 4.83. The van der Waals surface area contributed by atoms with Gasteiger partial charge < -0.3 is 5.32 Å². The van der Waals surface area contributed by atoms with Crippen molar-refractivity contribution in [1.29, 1.82) is 0 Å². The van der Waals surface area contributed by atoms with Gasteiger partial charge in [0.2, 0.25) is 5.91 Å². The van der Waals surface area contributed by atoms with Crippen LogP contribution < -0.4 is 5.32 Å². The molecule has 0 aliphatic rings. The third kappa shape index (κ3) is 5.07. The van der Waals surface area contributed by atoms with Crippen molar-refractivity contribution in [2.24, 2.45) is 0 Å². The zero-order valence-corrected chi connectivity index (χ0v) is 15.7. The van der Waals surface area contributed by atoms with E-state index in [1.807, 2.05) is 38.1 Å². The zero-order chi connectivity index (χ0) is 17.7. The van der Waals surface area contributed by atoms with Gasteiger partial charge in [0, 0.05) is 27.5 Å². The second-order valence-electron chi connectivity index (χ2n) is 5.31. The summed E-state index contributed by atoms with van der Waals surface area (Å²) < 4.78 is 0.965. The number of nitrogens with zero attached hydrogens (tertiary/aromatic N) is 1. The Morgan fingerprint density at radius 1 is 1.33 bits per heavy atom. The molecule has 2 rings (SSSR count). The monoisotopic (exact) mass is 408 g/mol. The minimum absolute atomic E-state index is 0.0123. The number of carbonyl (C=O) groups is 1. The fourth-order valence-corrected chi connectivity index (χ4v) is 3.43. The number of nitro benzene ring substituents is 1. The number of carbonyl (C=O) groups excluding carboxylic acids is 1. The Hall–Kier alpha value is -1.86. The molecule has 1 atom stereocenters. The number of thioether (sulfide) groups is 1. The highest BCUT2D eigenvalue weighted by Gasteiger charge is 2.13. The van der Waals surface area contributed by atoms with Gasteiger partial charge in [0.1, 0.15) is 0 Å². The van der Waals surface area contributed by atoms with Crippen LogP contribution in [0.2, 0.25) is 0 Å². The normalized spacial score (nSPS) is 11.8. The molecule has 0 fully saturated rings. The molecule has 126 valence electrons. The molecule has 24 heavy (non-hydrogen) atoms. The largest absolute Gasteiger partial charge is 0.325 e. The summed E-state index contributed by atoms with van der Waals surface area (Å²) in [6.45, 7) is 3.86. The van der Waals surface area contributed by atoms with E-state index in [0.717, 1.165) is 21.3 Å². The fraction of sp³-hybridized carbons (Fsp3) is 0.235. The molecule has 0 bridgehead atoms. The average Bonchev–Trinajstić information content (AvgIpc) is 2.55. The Kier molecular flexibility index (Phi) is 6.39. The first-order chi connectivity index (χ1) is 11.4. The first-order valence-corrected chi connectivity index (χ1v) is 9.13. The third-order valence-electron chi connectivity index (χ3n) is 3.48. The summed E-state index contributed by atoms with van der Waals surface area (Å²) in [4.78, 5) is 22.5. The number of amides is 1. The van der Waals surface area contributed by atoms with Crippen LogP contribution in [0.5, 0.6) is 0 Å². The van der Waals surface area contributed by atoms with Gasteiger partial charge in [-0.1, -0.05) is 28.1 Å². The van der Waals surface area contributed by atoms with Gasteiger partial charge in [-0.05, 0) is 43.2 Å². The molecule has 5 nitrogen and oxygen atoms in total. The van der Waals surface area contributed by atoms with Crippen molar-refractivity contribution in [3.05, 3.63) is 68.2 Å². The molecular formula is C17H17BrN2O3S. The Morgan fingerprint density at radius 3 is 2.75 bits per heavy atom. The standard InChI is InChI=1S/C17H17BrN2O3S/c1-11-8-14(18)6-7-16(11)19-17(21)10-24-12(2)13-4-3-5-15(9-13)20(22)23/h3-9,12H,10H2,1-2H3,(H,19,21)/t12-/m0/s1. The van der Waals surface area contributed by atoms with Gasteiger partial charge in [-0.15, -0.1) is 11.8 Å². The van der Waals surface area contributed by atoms with E-state index in [-0.39, 0.29) is 22.6 Å². The van der Waals surface area contributed by atoms with Gasteiger partial charge in [-0.2, -0.15) is 0 Å². The van der Waals surface area contributed by atoms with Gasteiger partial charge in [-0.3, -0.25) is 14.9 Å². The van der Waals surface area contributed by atoms with E-state index in [1.54, 1.807) is 12.1 Å². The van der Waals surface area contributed by atoms with E-state index in [0.29, 0.717) is 0 Å². The molecule has 2 aromatic carbocycles. The van der Waals surface area contributed by atoms with Crippen LogP contribution in [0, 0.1) is 17.0 Å². The Bertz CT molecular complexity index is 767. The number of benzene rings is 2. The van der Waals surface area contributed by atoms with Crippen molar-refractivity contribution in [3.8, 4) is 0 Å². The molecule has 0 saturated carbocycles. The summed E-state index contributed by atoms with van der Waals surface area (Å²) in [5.41, 5.74) is 2.66. The molecule has 0 heterocycles. The van der Waals surface area contributed by atoms with Crippen LogP contribution in [0.15, 0.2) is 46.9 Å². The van der Waals surface area contributed by atoms with Crippen molar-refractivity contribution < 1.29 is 9.72 Å². The molecule has 2 aromatic rings. The maximum Gasteiger partial charge on any atom is 0.269 e. The summed E-state index contributed by atoms with van der Waals surface area (Å²) in [6.07, 6.45) is 0. The highest BCUT2D eigenvalue weighted by molar-refractivity contribution is 9.10. The van der Waals surface area contributed by atoms with E-state index in [1.165, 1.54) is 17.8 Å². The lowest BCUT2D eigenvalue weighted by atomic mass is 10.1. The first-order valence-electron chi connectivity index (χ1n) is 7.29. The molecule has 1 N–H and O–H groups in total. The van der Waals surface area contributed by atoms with Crippen LogP contribution in [0.1, 0.15) is 23.3 Å². The maximum atomic E-state index is 12.1. The third-order valence-corrected chi connectivity index (χ3v) is 5.17. The number of rotatable bonds is 6. The van der Waals surface area contributed by atoms with Crippen molar-refractivity contribution in [1.82, 2.24) is 0 Å². The van der Waals surface area contributed by atoms with Crippen molar-refractivity contribution in [2.75, 3.05) is 11.1 Å². The van der Waals surface area contributed by atoms with Gasteiger partial charge in [0.25, 0.3) is 5.69 Å². The summed E-state index contributed by atoms with van der Waals surface area (Å²) in [7, 11) is 0. The van der Waals surface area contributed by atoms with E-state index in [2.05, 4.69) is 21.2 Å². The van der Waals surface area contributed by atoms with Crippen LogP contribution in [-0.2, 0) is 4.79 Å². The fourth-order valence-electron chi connectivity index (χ4n) is 2.14. The molecule has 0 saturated heterocycles. The lowest BCUT2D eigenvalue weighted by Gasteiger charge is -2.12. The SMILES string of the molecule is Cc1cc(Br)ccc1NC(=O)CS[C@@H](C)c1cccc([N+](=O)[O-])c1. The van der Waals surface area contributed by atoms with E-state index >= 15 is 0 Å². The van der Waals surface area contributed by atoms with Crippen molar-refractivity contribution in [3.63, 3.8) is 0 Å². The van der Waals surface area contributed by atoms with Crippen LogP contribution >= 0.6 is 27.7 Å². The van der Waals surface area contributed by atoms with Gasteiger partial charge in [0.05, 0.1) is 10.7 Å². The zero-order valence-electron chi connectivity index (χ0n) is 13.3. The number of anilines is 1. The van der Waals surface area contributed by atoms with Crippen LogP contribution in [-0.4, -0.2) is 16.6 Å². The van der Waals surface area contributed by atoms with Gasteiger partial charge >= 0.3 is 0 Å². The highest BCUT2D eigenvalue weighted by atomic mass is 79.9. The highest BCUT2D eigenvalue weighted by Crippen LogP contribution is 2.30. The van der Waals surface area contributed by atoms with Gasteiger partial charge in [-0.25, -0.2) is 0 Å².